The number of Topliss-reactive ketones (excluding diaryl/α,β-unsaturated/α-hetero) is 1. The molecule has 170 valence electrons. The van der Waals surface area contributed by atoms with E-state index in [1.807, 2.05) is 78.8 Å². The van der Waals surface area contributed by atoms with Gasteiger partial charge in [0.25, 0.3) is 0 Å². The Balaban J connectivity index is 0.00000212. The van der Waals surface area contributed by atoms with E-state index >= 15 is 0 Å². The number of carbonyl (C=O) groups excluding carboxylic acids is 2. The molecule has 0 saturated carbocycles. The van der Waals surface area contributed by atoms with Gasteiger partial charge < -0.3 is 9.84 Å². The van der Waals surface area contributed by atoms with Crippen molar-refractivity contribution < 1.29 is 19.4 Å². The van der Waals surface area contributed by atoms with Crippen LogP contribution in [-0.4, -0.2) is 35.1 Å². The molecule has 1 N–H and O–H groups in total. The second kappa shape index (κ2) is 15.1. The summed E-state index contributed by atoms with van der Waals surface area (Å²) in [7, 11) is 1.23. The van der Waals surface area contributed by atoms with E-state index in [0.29, 0.717) is 0 Å². The monoisotopic (exact) mass is 427 g/mol. The maximum absolute atomic E-state index is 11.8. The van der Waals surface area contributed by atoms with Crippen molar-refractivity contribution in [2.45, 2.75) is 67.4 Å². The summed E-state index contributed by atoms with van der Waals surface area (Å²) in [5, 5.41) is 10.2. The molecule has 0 bridgehead atoms. The van der Waals surface area contributed by atoms with Gasteiger partial charge in [0.1, 0.15) is 12.2 Å². The first-order chi connectivity index (χ1) is 14.8. The summed E-state index contributed by atoms with van der Waals surface area (Å²) < 4.78 is 4.47. The number of aromatic nitrogens is 1. The highest BCUT2D eigenvalue weighted by molar-refractivity contribution is 5.95. The van der Waals surface area contributed by atoms with Gasteiger partial charge in [-0.3, -0.25) is 14.6 Å². The average Bonchev–Trinajstić information content (AvgIpc) is 2.78. The highest BCUT2D eigenvalue weighted by Crippen LogP contribution is 2.31. The highest BCUT2D eigenvalue weighted by Gasteiger charge is 2.15. The van der Waals surface area contributed by atoms with Crippen molar-refractivity contribution in [2.24, 2.45) is 0 Å². The van der Waals surface area contributed by atoms with E-state index in [4.69, 9.17) is 0 Å². The molecule has 0 aliphatic carbocycles. The fraction of sp³-hybridized carbons (Fsp3) is 0.423. The molecule has 5 heteroatoms. The van der Waals surface area contributed by atoms with Crippen LogP contribution in [-0.2, 0) is 14.3 Å². The molecular weight excluding hydrogens is 390 g/mol. The van der Waals surface area contributed by atoms with Crippen LogP contribution in [0.5, 0.6) is 0 Å². The Morgan fingerprint density at radius 2 is 1.61 bits per heavy atom. The summed E-state index contributed by atoms with van der Waals surface area (Å²) in [4.78, 5) is 27.5. The minimum atomic E-state index is -0.980. The zero-order valence-electron chi connectivity index (χ0n) is 20.2. The topological polar surface area (TPSA) is 76.5 Å². The molecule has 0 saturated heterocycles. The summed E-state index contributed by atoms with van der Waals surface area (Å²) in [6.45, 7) is 13.9. The molecule has 1 aromatic heterocycles. The molecular formula is C26H37NO4. The smallest absolute Gasteiger partial charge is 0.313 e. The number of hydrogen-bond donors (Lipinski definition) is 1. The van der Waals surface area contributed by atoms with Crippen LogP contribution in [0.2, 0.25) is 0 Å². The summed E-state index contributed by atoms with van der Waals surface area (Å²) >= 11 is 0. The Morgan fingerprint density at radius 1 is 1.03 bits per heavy atom. The number of carbonyl (C=O) groups is 2. The van der Waals surface area contributed by atoms with Crippen molar-refractivity contribution in [1.29, 1.82) is 0 Å². The number of nitrogens with zero attached hydrogens (tertiary/aromatic N) is 1. The Hall–Kier alpha value is -2.79. The molecule has 1 aromatic carbocycles. The van der Waals surface area contributed by atoms with Crippen molar-refractivity contribution in [3.8, 4) is 11.1 Å². The van der Waals surface area contributed by atoms with Crippen molar-refractivity contribution in [3.05, 3.63) is 58.9 Å². The minimum Gasteiger partial charge on any atom is -0.469 e. The van der Waals surface area contributed by atoms with E-state index < -0.39 is 12.1 Å². The molecule has 0 radical (unpaired) electrons. The molecule has 1 unspecified atom stereocenters. The number of methoxy groups -OCH3 is 1. The highest BCUT2D eigenvalue weighted by atomic mass is 16.5. The standard InChI is InChI=1S/C22H25NO4.2C2H6/c1-14-15(2)23-16(3)20(22(14)17-8-6-5-7-9-17)11-10-18(24)12-19(25)13-21(26)27-4;2*1-2/h5-11,18,24H,12-13H2,1-4H3;2*1-2H3/b11-10+;;. The van der Waals surface area contributed by atoms with E-state index in [9.17, 15) is 14.7 Å². The molecule has 5 nitrogen and oxygen atoms in total. The van der Waals surface area contributed by atoms with Gasteiger partial charge in [0.05, 0.1) is 13.2 Å². The number of aliphatic hydroxyl groups excluding tert-OH is 1. The maximum atomic E-state index is 11.8. The second-order valence-corrected chi connectivity index (χ2v) is 6.48. The second-order valence-electron chi connectivity index (χ2n) is 6.48. The molecule has 0 fully saturated rings. The first-order valence-electron chi connectivity index (χ1n) is 10.8. The van der Waals surface area contributed by atoms with Crippen molar-refractivity contribution in [2.75, 3.05) is 7.11 Å². The Bertz CT molecular complexity index is 857. The number of aliphatic hydroxyl groups is 1. The Morgan fingerprint density at radius 3 is 2.16 bits per heavy atom. The molecule has 0 amide bonds. The molecule has 2 aromatic rings. The summed E-state index contributed by atoms with van der Waals surface area (Å²) in [6, 6.07) is 10.00. The van der Waals surface area contributed by atoms with Crippen LogP contribution in [0.1, 0.15) is 63.1 Å². The first-order valence-corrected chi connectivity index (χ1v) is 10.8. The van der Waals surface area contributed by atoms with Crippen molar-refractivity contribution in [1.82, 2.24) is 4.98 Å². The number of pyridine rings is 1. The Labute approximate surface area is 187 Å². The van der Waals surface area contributed by atoms with Crippen LogP contribution >= 0.6 is 0 Å². The quantitative estimate of drug-likeness (QED) is 0.458. The van der Waals surface area contributed by atoms with E-state index in [2.05, 4.69) is 9.72 Å². The molecule has 1 atom stereocenters. The fourth-order valence-electron chi connectivity index (χ4n) is 2.95. The third kappa shape index (κ3) is 8.85. The van der Waals surface area contributed by atoms with E-state index in [1.165, 1.54) is 7.11 Å². The first kappa shape index (κ1) is 28.2. The lowest BCUT2D eigenvalue weighted by Crippen LogP contribution is -2.15. The molecule has 0 spiro atoms. The van der Waals surface area contributed by atoms with Gasteiger partial charge in [-0.05, 0) is 37.5 Å². The van der Waals surface area contributed by atoms with Crippen molar-refractivity contribution in [3.63, 3.8) is 0 Å². The van der Waals surface area contributed by atoms with E-state index in [1.54, 1.807) is 12.2 Å². The van der Waals surface area contributed by atoms with Crippen LogP contribution in [0.4, 0.5) is 0 Å². The minimum absolute atomic E-state index is 0.135. The van der Waals surface area contributed by atoms with Crippen LogP contribution in [0, 0.1) is 20.8 Å². The zero-order valence-corrected chi connectivity index (χ0v) is 20.2. The summed E-state index contributed by atoms with van der Waals surface area (Å²) in [6.07, 6.45) is 1.92. The van der Waals surface area contributed by atoms with Crippen LogP contribution < -0.4 is 0 Å². The average molecular weight is 428 g/mol. The third-order valence-electron chi connectivity index (χ3n) is 4.47. The summed E-state index contributed by atoms with van der Waals surface area (Å²) in [5.41, 5.74) is 5.91. The van der Waals surface area contributed by atoms with Crippen molar-refractivity contribution >= 4 is 17.8 Å². The van der Waals surface area contributed by atoms with E-state index in [-0.39, 0.29) is 18.6 Å². The van der Waals surface area contributed by atoms with Gasteiger partial charge in [-0.1, -0.05) is 70.2 Å². The number of hydrogen-bond acceptors (Lipinski definition) is 5. The van der Waals surface area contributed by atoms with Gasteiger partial charge in [-0.2, -0.15) is 0 Å². The molecule has 2 rings (SSSR count). The van der Waals surface area contributed by atoms with Gasteiger partial charge >= 0.3 is 5.97 Å². The predicted molar refractivity (Wildman–Crippen MR) is 128 cm³/mol. The number of aryl methyl sites for hydroxylation is 2. The van der Waals surface area contributed by atoms with Gasteiger partial charge in [0, 0.05) is 23.4 Å². The lowest BCUT2D eigenvalue weighted by Gasteiger charge is -2.15. The summed E-state index contributed by atoms with van der Waals surface area (Å²) in [5.74, 6) is -0.964. The van der Waals surface area contributed by atoms with Crippen LogP contribution in [0.3, 0.4) is 0 Å². The molecule has 31 heavy (non-hydrogen) atoms. The normalized spacial score (nSPS) is 11.0. The number of rotatable bonds is 7. The lowest BCUT2D eigenvalue weighted by molar-refractivity contribution is -0.143. The van der Waals surface area contributed by atoms with Gasteiger partial charge in [0.2, 0.25) is 0 Å². The fourth-order valence-corrected chi connectivity index (χ4v) is 2.95. The Kier molecular flexibility index (Phi) is 13.7. The van der Waals surface area contributed by atoms with Gasteiger partial charge in [-0.15, -0.1) is 0 Å². The number of ether oxygens (including phenoxy) is 1. The number of ketones is 1. The van der Waals surface area contributed by atoms with Gasteiger partial charge in [-0.25, -0.2) is 0 Å². The zero-order chi connectivity index (χ0) is 24.0. The molecule has 0 aliphatic rings. The SMILES string of the molecule is CC.CC.COC(=O)CC(=O)CC(O)/C=C/c1c(C)nc(C)c(C)c1-c1ccccc1. The maximum Gasteiger partial charge on any atom is 0.313 e. The predicted octanol–water partition coefficient (Wildman–Crippen LogP) is 5.62. The third-order valence-corrected chi connectivity index (χ3v) is 4.47. The molecule has 0 aliphatic heterocycles. The van der Waals surface area contributed by atoms with E-state index in [0.717, 1.165) is 33.6 Å². The number of esters is 1. The number of benzene rings is 1. The van der Waals surface area contributed by atoms with Crippen LogP contribution in [0.15, 0.2) is 36.4 Å². The van der Waals surface area contributed by atoms with Gasteiger partial charge in [0.15, 0.2) is 0 Å². The largest absolute Gasteiger partial charge is 0.469 e. The lowest BCUT2D eigenvalue weighted by atomic mass is 9.93. The molecule has 1 heterocycles. The van der Waals surface area contributed by atoms with Crippen LogP contribution in [0.25, 0.3) is 17.2 Å².